The molecule has 1 fully saturated rings. The Labute approximate surface area is 139 Å². The van der Waals surface area contributed by atoms with Crippen molar-refractivity contribution in [1.29, 1.82) is 0 Å². The first-order valence-corrected chi connectivity index (χ1v) is 8.41. The standard InChI is InChI=1S/C20H26N2O/c1-16-8-9-19(17(2)14-16)22-12-10-21(11-13-22)15-20(23)18-6-4-3-5-7-18/h3-9,14,20,23H,10-13,15H2,1-2H3. The Morgan fingerprint density at radius 1 is 0.957 bits per heavy atom. The van der Waals surface area contributed by atoms with Crippen LogP contribution in [0, 0.1) is 13.8 Å². The lowest BCUT2D eigenvalue weighted by Gasteiger charge is -2.37. The molecule has 0 amide bonds. The summed E-state index contributed by atoms with van der Waals surface area (Å²) in [4.78, 5) is 4.82. The van der Waals surface area contributed by atoms with Crippen LogP contribution in [-0.2, 0) is 0 Å². The molecule has 0 radical (unpaired) electrons. The van der Waals surface area contributed by atoms with Crippen molar-refractivity contribution >= 4 is 5.69 Å². The van der Waals surface area contributed by atoms with Crippen LogP contribution in [-0.4, -0.2) is 42.7 Å². The van der Waals surface area contributed by atoms with Gasteiger partial charge in [0.2, 0.25) is 0 Å². The maximum Gasteiger partial charge on any atom is 0.0916 e. The number of aliphatic hydroxyl groups is 1. The van der Waals surface area contributed by atoms with Gasteiger partial charge in [0.05, 0.1) is 6.10 Å². The van der Waals surface area contributed by atoms with Crippen molar-refractivity contribution in [3.8, 4) is 0 Å². The molecule has 1 saturated heterocycles. The molecular formula is C20H26N2O. The molecule has 122 valence electrons. The fourth-order valence-electron chi connectivity index (χ4n) is 3.36. The maximum atomic E-state index is 10.4. The van der Waals surface area contributed by atoms with Crippen molar-refractivity contribution in [3.63, 3.8) is 0 Å². The molecule has 23 heavy (non-hydrogen) atoms. The highest BCUT2D eigenvalue weighted by molar-refractivity contribution is 5.54. The van der Waals surface area contributed by atoms with Crippen LogP contribution in [0.4, 0.5) is 5.69 Å². The zero-order valence-corrected chi connectivity index (χ0v) is 14.1. The summed E-state index contributed by atoms with van der Waals surface area (Å²) >= 11 is 0. The van der Waals surface area contributed by atoms with Crippen LogP contribution in [0.1, 0.15) is 22.8 Å². The van der Waals surface area contributed by atoms with E-state index in [1.54, 1.807) is 0 Å². The number of aryl methyl sites for hydroxylation is 2. The summed E-state index contributed by atoms with van der Waals surface area (Å²) in [6.07, 6.45) is -0.399. The third-order valence-corrected chi connectivity index (χ3v) is 4.68. The first-order valence-electron chi connectivity index (χ1n) is 8.41. The van der Waals surface area contributed by atoms with E-state index in [1.165, 1.54) is 16.8 Å². The molecule has 3 rings (SSSR count). The van der Waals surface area contributed by atoms with Gasteiger partial charge in [-0.05, 0) is 31.0 Å². The number of anilines is 1. The van der Waals surface area contributed by atoms with Crippen LogP contribution < -0.4 is 4.90 Å². The normalized spacial score (nSPS) is 17.3. The smallest absolute Gasteiger partial charge is 0.0916 e. The van der Waals surface area contributed by atoms with Gasteiger partial charge in [-0.2, -0.15) is 0 Å². The van der Waals surface area contributed by atoms with Gasteiger partial charge in [0.1, 0.15) is 0 Å². The van der Waals surface area contributed by atoms with Crippen LogP contribution in [0.2, 0.25) is 0 Å². The van der Waals surface area contributed by atoms with E-state index in [-0.39, 0.29) is 0 Å². The molecule has 3 nitrogen and oxygen atoms in total. The molecule has 2 aromatic carbocycles. The summed E-state index contributed by atoms with van der Waals surface area (Å²) < 4.78 is 0. The summed E-state index contributed by atoms with van der Waals surface area (Å²) in [5, 5.41) is 10.4. The van der Waals surface area contributed by atoms with Gasteiger partial charge in [0.15, 0.2) is 0 Å². The maximum absolute atomic E-state index is 10.4. The van der Waals surface area contributed by atoms with Gasteiger partial charge in [-0.3, -0.25) is 4.90 Å². The molecule has 1 unspecified atom stereocenters. The third kappa shape index (κ3) is 3.92. The molecule has 0 saturated carbocycles. The number of benzene rings is 2. The number of hydrogen-bond acceptors (Lipinski definition) is 3. The summed E-state index contributed by atoms with van der Waals surface area (Å²) in [7, 11) is 0. The number of hydrogen-bond donors (Lipinski definition) is 1. The van der Waals surface area contributed by atoms with E-state index in [0.29, 0.717) is 6.54 Å². The second-order valence-corrected chi connectivity index (χ2v) is 6.50. The molecular weight excluding hydrogens is 284 g/mol. The minimum absolute atomic E-state index is 0.399. The van der Waals surface area contributed by atoms with Gasteiger partial charge >= 0.3 is 0 Å². The molecule has 1 aliphatic heterocycles. The Balaban J connectivity index is 1.56. The van der Waals surface area contributed by atoms with Gasteiger partial charge < -0.3 is 10.0 Å². The van der Waals surface area contributed by atoms with E-state index < -0.39 is 6.10 Å². The number of nitrogens with zero attached hydrogens (tertiary/aromatic N) is 2. The molecule has 2 aromatic rings. The van der Waals surface area contributed by atoms with E-state index in [4.69, 9.17) is 0 Å². The second kappa shape index (κ2) is 7.16. The number of piperazine rings is 1. The van der Waals surface area contributed by atoms with Gasteiger partial charge in [-0.25, -0.2) is 0 Å². The van der Waals surface area contributed by atoms with Crippen LogP contribution in [0.15, 0.2) is 48.5 Å². The highest BCUT2D eigenvalue weighted by atomic mass is 16.3. The van der Waals surface area contributed by atoms with Gasteiger partial charge in [-0.1, -0.05) is 48.0 Å². The van der Waals surface area contributed by atoms with Crippen molar-refractivity contribution in [3.05, 3.63) is 65.2 Å². The van der Waals surface area contributed by atoms with Gasteiger partial charge in [-0.15, -0.1) is 0 Å². The van der Waals surface area contributed by atoms with Crippen molar-refractivity contribution in [1.82, 2.24) is 4.90 Å². The third-order valence-electron chi connectivity index (χ3n) is 4.68. The first kappa shape index (κ1) is 16.0. The minimum Gasteiger partial charge on any atom is -0.387 e. The molecule has 3 heteroatoms. The summed E-state index contributed by atoms with van der Waals surface area (Å²) in [5.41, 5.74) is 5.02. The monoisotopic (exact) mass is 310 g/mol. The summed E-state index contributed by atoms with van der Waals surface area (Å²) in [5.74, 6) is 0. The van der Waals surface area contributed by atoms with Crippen LogP contribution in [0.3, 0.4) is 0 Å². The molecule has 0 bridgehead atoms. The largest absolute Gasteiger partial charge is 0.387 e. The fourth-order valence-corrected chi connectivity index (χ4v) is 3.36. The lowest BCUT2D eigenvalue weighted by molar-refractivity contribution is 0.109. The second-order valence-electron chi connectivity index (χ2n) is 6.50. The molecule has 0 spiro atoms. The topological polar surface area (TPSA) is 26.7 Å². The zero-order chi connectivity index (χ0) is 16.2. The van der Waals surface area contributed by atoms with E-state index in [9.17, 15) is 5.11 Å². The predicted molar refractivity (Wildman–Crippen MR) is 96.0 cm³/mol. The Morgan fingerprint density at radius 2 is 1.65 bits per heavy atom. The van der Waals surface area contributed by atoms with Crippen molar-refractivity contribution in [2.45, 2.75) is 20.0 Å². The molecule has 0 aromatic heterocycles. The molecule has 0 aliphatic carbocycles. The lowest BCUT2D eigenvalue weighted by Crippen LogP contribution is -2.47. The van der Waals surface area contributed by atoms with Crippen molar-refractivity contribution in [2.24, 2.45) is 0 Å². The molecule has 1 heterocycles. The average Bonchev–Trinajstić information content (AvgIpc) is 2.57. The fraction of sp³-hybridized carbons (Fsp3) is 0.400. The quantitative estimate of drug-likeness (QED) is 0.940. The molecule has 1 N–H and O–H groups in total. The van der Waals surface area contributed by atoms with E-state index >= 15 is 0 Å². The van der Waals surface area contributed by atoms with Crippen molar-refractivity contribution < 1.29 is 5.11 Å². The Morgan fingerprint density at radius 3 is 2.30 bits per heavy atom. The van der Waals surface area contributed by atoms with Crippen LogP contribution >= 0.6 is 0 Å². The van der Waals surface area contributed by atoms with E-state index in [1.807, 2.05) is 30.3 Å². The Hall–Kier alpha value is -1.84. The predicted octanol–water partition coefficient (Wildman–Crippen LogP) is 3.16. The highest BCUT2D eigenvalue weighted by Crippen LogP contribution is 2.23. The van der Waals surface area contributed by atoms with E-state index in [0.717, 1.165) is 31.7 Å². The van der Waals surface area contributed by atoms with Crippen LogP contribution in [0.5, 0.6) is 0 Å². The summed E-state index contributed by atoms with van der Waals surface area (Å²) in [6, 6.07) is 16.6. The molecule has 1 atom stereocenters. The minimum atomic E-state index is -0.399. The number of aliphatic hydroxyl groups excluding tert-OH is 1. The molecule has 1 aliphatic rings. The van der Waals surface area contributed by atoms with Crippen LogP contribution in [0.25, 0.3) is 0 Å². The number of rotatable bonds is 4. The van der Waals surface area contributed by atoms with Crippen molar-refractivity contribution in [2.75, 3.05) is 37.6 Å². The van der Waals surface area contributed by atoms with E-state index in [2.05, 4.69) is 41.8 Å². The lowest BCUT2D eigenvalue weighted by atomic mass is 10.1. The SMILES string of the molecule is Cc1ccc(N2CCN(CC(O)c3ccccc3)CC2)c(C)c1. The summed E-state index contributed by atoms with van der Waals surface area (Å²) in [6.45, 7) is 9.07. The van der Waals surface area contributed by atoms with Gasteiger partial charge in [0.25, 0.3) is 0 Å². The van der Waals surface area contributed by atoms with Gasteiger partial charge in [0, 0.05) is 38.4 Å². The average molecular weight is 310 g/mol. The highest BCUT2D eigenvalue weighted by Gasteiger charge is 2.20. The first-order chi connectivity index (χ1) is 11.1. The zero-order valence-electron chi connectivity index (χ0n) is 14.1. The Bertz CT molecular complexity index is 633. The Kier molecular flexibility index (Phi) is 4.99. The number of β-amino-alcohol motifs (C(OH)–C–C–N with tert-alkyl or cyclic N) is 1.